The number of thiophene rings is 1. The number of hydrogen-bond acceptors (Lipinski definition) is 2. The SMILES string of the molecule is C/C=C\C(=C/C)N(c1ccccc1)c1ccc2sc3ccc(-c4ccc(C)cc4)cc3c2c1.CC. The third kappa shape index (κ3) is 5.08. The molecule has 0 atom stereocenters. The van der Waals surface area contributed by atoms with Crippen LogP contribution in [0.3, 0.4) is 0 Å². The molecule has 176 valence electrons. The predicted octanol–water partition coefficient (Wildman–Crippen LogP) is 10.7. The van der Waals surface area contributed by atoms with Crippen molar-refractivity contribution in [2.75, 3.05) is 4.90 Å². The fourth-order valence-corrected chi connectivity index (χ4v) is 5.39. The highest BCUT2D eigenvalue weighted by Crippen LogP contribution is 2.40. The Morgan fingerprint density at radius 2 is 1.31 bits per heavy atom. The summed E-state index contributed by atoms with van der Waals surface area (Å²) in [5.41, 5.74) is 7.28. The van der Waals surface area contributed by atoms with Crippen LogP contribution in [0.1, 0.15) is 33.3 Å². The van der Waals surface area contributed by atoms with Crippen LogP contribution in [0.2, 0.25) is 0 Å². The van der Waals surface area contributed by atoms with Crippen LogP contribution in [0.5, 0.6) is 0 Å². The quantitative estimate of drug-likeness (QED) is 0.228. The first-order valence-electron chi connectivity index (χ1n) is 12.4. The molecule has 4 aromatic carbocycles. The second-order valence-electron chi connectivity index (χ2n) is 8.24. The second-order valence-corrected chi connectivity index (χ2v) is 9.33. The van der Waals surface area contributed by atoms with Crippen LogP contribution in [-0.4, -0.2) is 0 Å². The van der Waals surface area contributed by atoms with E-state index in [4.69, 9.17) is 0 Å². The minimum Gasteiger partial charge on any atom is -0.311 e. The summed E-state index contributed by atoms with van der Waals surface area (Å²) in [4.78, 5) is 2.33. The maximum absolute atomic E-state index is 2.35. The van der Waals surface area contributed by atoms with Crippen molar-refractivity contribution in [2.45, 2.75) is 34.6 Å². The Hall–Kier alpha value is -3.62. The molecule has 1 heterocycles. The number of anilines is 2. The number of rotatable bonds is 5. The van der Waals surface area contributed by atoms with Gasteiger partial charge in [-0.2, -0.15) is 0 Å². The Balaban J connectivity index is 0.00000141. The van der Waals surface area contributed by atoms with Crippen LogP contribution in [0.25, 0.3) is 31.3 Å². The molecule has 5 rings (SSSR count). The van der Waals surface area contributed by atoms with Crippen molar-refractivity contribution in [3.63, 3.8) is 0 Å². The van der Waals surface area contributed by atoms with Crippen molar-refractivity contribution < 1.29 is 0 Å². The summed E-state index contributed by atoms with van der Waals surface area (Å²) < 4.78 is 2.64. The molecule has 0 radical (unpaired) electrons. The Morgan fingerprint density at radius 1 is 0.686 bits per heavy atom. The predicted molar refractivity (Wildman–Crippen MR) is 158 cm³/mol. The summed E-state index contributed by atoms with van der Waals surface area (Å²) in [5, 5.41) is 2.62. The van der Waals surface area contributed by atoms with Crippen molar-refractivity contribution >= 4 is 42.9 Å². The van der Waals surface area contributed by atoms with Crippen LogP contribution in [0.4, 0.5) is 11.4 Å². The van der Waals surface area contributed by atoms with E-state index in [1.54, 1.807) is 0 Å². The molecule has 0 spiro atoms. The number of para-hydroxylation sites is 1. The first-order valence-corrected chi connectivity index (χ1v) is 13.2. The van der Waals surface area contributed by atoms with Crippen molar-refractivity contribution in [3.8, 4) is 11.1 Å². The lowest BCUT2D eigenvalue weighted by atomic mass is 10.0. The van der Waals surface area contributed by atoms with E-state index in [0.29, 0.717) is 0 Å². The molecule has 0 saturated carbocycles. The maximum atomic E-state index is 2.35. The minimum atomic E-state index is 1.16. The van der Waals surface area contributed by atoms with Gasteiger partial charge in [-0.15, -0.1) is 11.3 Å². The molecule has 0 saturated heterocycles. The van der Waals surface area contributed by atoms with Gasteiger partial charge in [0.2, 0.25) is 0 Å². The molecule has 0 fully saturated rings. The Labute approximate surface area is 213 Å². The summed E-state index contributed by atoms with van der Waals surface area (Å²) in [6.45, 7) is 10.3. The Kier molecular flexibility index (Phi) is 7.84. The molecule has 35 heavy (non-hydrogen) atoms. The molecule has 0 aliphatic carbocycles. The zero-order valence-electron chi connectivity index (χ0n) is 21.2. The summed E-state index contributed by atoms with van der Waals surface area (Å²) >= 11 is 1.86. The molecule has 0 amide bonds. The molecule has 5 aromatic rings. The lowest BCUT2D eigenvalue weighted by Gasteiger charge is -2.26. The van der Waals surface area contributed by atoms with Crippen molar-refractivity contribution in [1.29, 1.82) is 0 Å². The topological polar surface area (TPSA) is 3.24 Å². The number of aryl methyl sites for hydroxylation is 1. The molecule has 1 aromatic heterocycles. The lowest BCUT2D eigenvalue weighted by Crippen LogP contribution is -2.14. The standard InChI is InChI=1S/C31H27NS.C2H6/c1-4-9-25(5-2)32(26-10-7-6-8-11-26)27-17-19-31-29(21-27)28-20-24(16-18-30(28)33-31)23-14-12-22(3)13-15-23;1-2/h4-21H,1-3H3;1-2H3/b9-4-,25-5+;. The highest BCUT2D eigenvalue weighted by molar-refractivity contribution is 7.25. The number of benzene rings is 4. The summed E-state index contributed by atoms with van der Waals surface area (Å²) in [5.74, 6) is 0. The number of nitrogens with zero attached hydrogens (tertiary/aromatic N) is 1. The van der Waals surface area contributed by atoms with E-state index in [-0.39, 0.29) is 0 Å². The van der Waals surface area contributed by atoms with E-state index < -0.39 is 0 Å². The summed E-state index contributed by atoms with van der Waals surface area (Å²) in [7, 11) is 0. The van der Waals surface area contributed by atoms with E-state index >= 15 is 0 Å². The molecule has 0 N–H and O–H groups in total. The molecule has 0 unspecified atom stereocenters. The molecular formula is C33H33NS. The van der Waals surface area contributed by atoms with Gasteiger partial charge in [0, 0.05) is 37.2 Å². The van der Waals surface area contributed by atoms with Crippen molar-refractivity contribution in [3.05, 3.63) is 120 Å². The average molecular weight is 476 g/mol. The largest absolute Gasteiger partial charge is 0.311 e. The van der Waals surface area contributed by atoms with Crippen LogP contribution < -0.4 is 4.90 Å². The van der Waals surface area contributed by atoms with E-state index in [1.807, 2.05) is 25.2 Å². The van der Waals surface area contributed by atoms with E-state index in [1.165, 1.54) is 42.6 Å². The van der Waals surface area contributed by atoms with Crippen LogP contribution in [0, 0.1) is 6.92 Å². The van der Waals surface area contributed by atoms with E-state index in [9.17, 15) is 0 Å². The molecule has 0 bridgehead atoms. The van der Waals surface area contributed by atoms with E-state index in [0.717, 1.165) is 11.4 Å². The monoisotopic (exact) mass is 475 g/mol. The van der Waals surface area contributed by atoms with Crippen molar-refractivity contribution in [2.24, 2.45) is 0 Å². The van der Waals surface area contributed by atoms with Crippen LogP contribution in [-0.2, 0) is 0 Å². The number of hydrogen-bond donors (Lipinski definition) is 0. The van der Waals surface area contributed by atoms with Gasteiger partial charge >= 0.3 is 0 Å². The maximum Gasteiger partial charge on any atom is 0.0468 e. The zero-order chi connectivity index (χ0) is 24.8. The second kappa shape index (κ2) is 11.2. The Bertz CT molecular complexity index is 1470. The normalized spacial score (nSPS) is 11.6. The van der Waals surface area contributed by atoms with Crippen LogP contribution in [0.15, 0.2) is 115 Å². The minimum absolute atomic E-state index is 1.16. The third-order valence-electron chi connectivity index (χ3n) is 6.00. The highest BCUT2D eigenvalue weighted by atomic mass is 32.1. The summed E-state index contributed by atoms with van der Waals surface area (Å²) in [6.07, 6.45) is 6.43. The van der Waals surface area contributed by atoms with E-state index in [2.05, 4.69) is 135 Å². The van der Waals surface area contributed by atoms with Gasteiger partial charge in [0.1, 0.15) is 0 Å². The number of allylic oxidation sites excluding steroid dienone is 3. The zero-order valence-corrected chi connectivity index (χ0v) is 22.1. The van der Waals surface area contributed by atoms with Gasteiger partial charge in [-0.3, -0.25) is 0 Å². The van der Waals surface area contributed by atoms with Gasteiger partial charge in [-0.25, -0.2) is 0 Å². The summed E-state index contributed by atoms with van der Waals surface area (Å²) in [6, 6.07) is 33.1. The molecule has 0 aliphatic rings. The molecule has 0 aliphatic heterocycles. The van der Waals surface area contributed by atoms with Gasteiger partial charge in [0.15, 0.2) is 0 Å². The van der Waals surface area contributed by atoms with Gasteiger partial charge < -0.3 is 4.90 Å². The smallest absolute Gasteiger partial charge is 0.0468 e. The Morgan fingerprint density at radius 3 is 1.97 bits per heavy atom. The first-order chi connectivity index (χ1) is 17.2. The third-order valence-corrected chi connectivity index (χ3v) is 7.15. The van der Waals surface area contributed by atoms with Crippen molar-refractivity contribution in [1.82, 2.24) is 0 Å². The number of fused-ring (bicyclic) bond motifs is 3. The first kappa shape index (κ1) is 24.5. The van der Waals surface area contributed by atoms with Gasteiger partial charge in [0.05, 0.1) is 0 Å². The van der Waals surface area contributed by atoms with Gasteiger partial charge in [-0.05, 0) is 80.4 Å². The van der Waals surface area contributed by atoms with Gasteiger partial charge in [-0.1, -0.05) is 80.1 Å². The lowest BCUT2D eigenvalue weighted by molar-refractivity contribution is 1.20. The molecule has 1 nitrogen and oxygen atoms in total. The molecular weight excluding hydrogens is 442 g/mol. The fraction of sp³-hybridized carbons (Fsp3) is 0.152. The molecule has 2 heteroatoms. The average Bonchev–Trinajstić information content (AvgIpc) is 3.28. The highest BCUT2D eigenvalue weighted by Gasteiger charge is 2.15. The van der Waals surface area contributed by atoms with Crippen LogP contribution >= 0.6 is 11.3 Å². The fourth-order valence-electron chi connectivity index (χ4n) is 4.32. The van der Waals surface area contributed by atoms with Gasteiger partial charge in [0.25, 0.3) is 0 Å².